The van der Waals surface area contributed by atoms with Gasteiger partial charge in [0, 0.05) is 12.1 Å². The number of amides is 2. The Morgan fingerprint density at radius 1 is 1.35 bits per heavy atom. The lowest BCUT2D eigenvalue weighted by Gasteiger charge is -2.39. The molecule has 1 unspecified atom stereocenters. The fourth-order valence-electron chi connectivity index (χ4n) is 3.55. The van der Waals surface area contributed by atoms with Crippen molar-refractivity contribution in [3.05, 3.63) is 6.20 Å². The Labute approximate surface area is 163 Å². The Balaban J connectivity index is 2.04. The number of hydrogen-bond donors (Lipinski definition) is 2. The number of carboxylic acid groups (broad SMARTS) is 1. The van der Waals surface area contributed by atoms with Gasteiger partial charge >= 0.3 is 12.0 Å². The van der Waals surface area contributed by atoms with Crippen molar-refractivity contribution in [1.82, 2.24) is 9.88 Å². The number of urea groups is 1. The third-order valence-corrected chi connectivity index (χ3v) is 6.62. The molecule has 1 heterocycles. The van der Waals surface area contributed by atoms with E-state index in [0.717, 1.165) is 23.5 Å². The number of carboxylic acids is 1. The Bertz CT molecular complexity index is 600. The highest BCUT2D eigenvalue weighted by molar-refractivity contribution is 8.01. The Kier molecular flexibility index (Phi) is 8.21. The Hall–Kier alpha value is -1.28. The lowest BCUT2D eigenvalue weighted by molar-refractivity contribution is -0.133. The standard InChI is InChI=1S/C18H29N3O3S2/c1-12(2)9-13(3)21(14-7-5-4-6-8-14)18(24)20-17-19-10-16(26-17)25-11-15(22)23/h10,12-14H,4-9,11H2,1-3H3,(H,22,23)(H,19,20,24). The molecule has 1 aromatic heterocycles. The average Bonchev–Trinajstić information content (AvgIpc) is 3.01. The van der Waals surface area contributed by atoms with Gasteiger partial charge in [-0.3, -0.25) is 10.1 Å². The van der Waals surface area contributed by atoms with Crippen molar-refractivity contribution in [2.75, 3.05) is 11.1 Å². The van der Waals surface area contributed by atoms with Crippen LogP contribution in [0.25, 0.3) is 0 Å². The Morgan fingerprint density at radius 2 is 2.04 bits per heavy atom. The number of nitrogens with one attached hydrogen (secondary N) is 1. The predicted octanol–water partition coefficient (Wildman–Crippen LogP) is 4.92. The first-order valence-electron chi connectivity index (χ1n) is 9.26. The van der Waals surface area contributed by atoms with Crippen molar-refractivity contribution in [2.24, 2.45) is 5.92 Å². The van der Waals surface area contributed by atoms with Crippen molar-refractivity contribution in [3.63, 3.8) is 0 Å². The van der Waals surface area contributed by atoms with E-state index >= 15 is 0 Å². The van der Waals surface area contributed by atoms with Gasteiger partial charge in [0.05, 0.1) is 16.2 Å². The van der Waals surface area contributed by atoms with Crippen LogP contribution < -0.4 is 5.32 Å². The summed E-state index contributed by atoms with van der Waals surface area (Å²) in [6.45, 7) is 6.49. The van der Waals surface area contributed by atoms with Gasteiger partial charge in [-0.25, -0.2) is 9.78 Å². The van der Waals surface area contributed by atoms with Crippen LogP contribution >= 0.6 is 23.1 Å². The SMILES string of the molecule is CC(C)CC(C)N(C(=O)Nc1ncc(SCC(=O)O)s1)C1CCCCC1. The third-order valence-electron chi connectivity index (χ3n) is 4.53. The van der Waals surface area contributed by atoms with E-state index in [1.54, 1.807) is 6.20 Å². The number of carbonyl (C=O) groups excluding carboxylic acids is 1. The largest absolute Gasteiger partial charge is 0.481 e. The molecule has 1 aliphatic carbocycles. The van der Waals surface area contributed by atoms with Crippen LogP contribution in [0, 0.1) is 5.92 Å². The van der Waals surface area contributed by atoms with Crippen LogP contribution in [0.4, 0.5) is 9.93 Å². The molecule has 2 N–H and O–H groups in total. The second-order valence-corrected chi connectivity index (χ2v) is 9.58. The topological polar surface area (TPSA) is 82.5 Å². The van der Waals surface area contributed by atoms with Crippen LogP contribution in [0.15, 0.2) is 10.4 Å². The summed E-state index contributed by atoms with van der Waals surface area (Å²) in [6.07, 6.45) is 8.33. The first-order chi connectivity index (χ1) is 12.4. The number of carbonyl (C=O) groups is 2. The van der Waals surface area contributed by atoms with E-state index in [2.05, 4.69) is 31.1 Å². The summed E-state index contributed by atoms with van der Waals surface area (Å²) in [7, 11) is 0. The lowest BCUT2D eigenvalue weighted by atomic mass is 9.92. The van der Waals surface area contributed by atoms with E-state index in [0.29, 0.717) is 17.1 Å². The second kappa shape index (κ2) is 10.2. The van der Waals surface area contributed by atoms with Gasteiger partial charge in [0.25, 0.3) is 0 Å². The zero-order valence-electron chi connectivity index (χ0n) is 15.7. The normalized spacial score (nSPS) is 16.5. The van der Waals surface area contributed by atoms with E-state index in [4.69, 9.17) is 5.11 Å². The number of nitrogens with zero attached hydrogens (tertiary/aromatic N) is 2. The molecule has 2 amide bonds. The number of rotatable bonds is 8. The van der Waals surface area contributed by atoms with Crippen LogP contribution in [0.3, 0.4) is 0 Å². The zero-order valence-corrected chi connectivity index (χ0v) is 17.4. The number of aliphatic carboxylic acids is 1. The summed E-state index contributed by atoms with van der Waals surface area (Å²) in [5.41, 5.74) is 0. The fraction of sp³-hybridized carbons (Fsp3) is 0.722. The van der Waals surface area contributed by atoms with E-state index in [-0.39, 0.29) is 17.8 Å². The molecule has 1 atom stereocenters. The van der Waals surface area contributed by atoms with Gasteiger partial charge in [0.15, 0.2) is 5.13 Å². The van der Waals surface area contributed by atoms with Gasteiger partial charge in [-0.2, -0.15) is 0 Å². The van der Waals surface area contributed by atoms with Crippen molar-refractivity contribution in [2.45, 2.75) is 75.6 Å². The molecule has 0 aromatic carbocycles. The summed E-state index contributed by atoms with van der Waals surface area (Å²) in [5.74, 6) is -0.336. The molecule has 8 heteroatoms. The summed E-state index contributed by atoms with van der Waals surface area (Å²) < 4.78 is 0.794. The summed E-state index contributed by atoms with van der Waals surface area (Å²) in [5, 5.41) is 12.2. The molecule has 0 radical (unpaired) electrons. The molecular weight excluding hydrogens is 370 g/mol. The minimum Gasteiger partial charge on any atom is -0.481 e. The minimum atomic E-state index is -0.861. The molecule has 2 rings (SSSR count). The fourth-order valence-corrected chi connectivity index (χ4v) is 5.14. The van der Waals surface area contributed by atoms with Crippen LogP contribution in [-0.2, 0) is 4.79 Å². The first-order valence-corrected chi connectivity index (χ1v) is 11.1. The van der Waals surface area contributed by atoms with Gasteiger partial charge in [-0.1, -0.05) is 44.4 Å². The zero-order chi connectivity index (χ0) is 19.1. The average molecular weight is 400 g/mol. The van der Waals surface area contributed by atoms with Crippen molar-refractivity contribution < 1.29 is 14.7 Å². The van der Waals surface area contributed by atoms with Gasteiger partial charge < -0.3 is 10.0 Å². The van der Waals surface area contributed by atoms with Crippen molar-refractivity contribution >= 4 is 40.2 Å². The summed E-state index contributed by atoms with van der Waals surface area (Å²) in [4.78, 5) is 29.9. The molecule has 0 aliphatic heterocycles. The molecule has 1 aromatic rings. The molecule has 1 aliphatic rings. The predicted molar refractivity (Wildman–Crippen MR) is 107 cm³/mol. The molecule has 1 saturated carbocycles. The molecular formula is C18H29N3O3S2. The van der Waals surface area contributed by atoms with Crippen molar-refractivity contribution in [3.8, 4) is 0 Å². The third kappa shape index (κ3) is 6.46. The molecule has 6 nitrogen and oxygen atoms in total. The van der Waals surface area contributed by atoms with Crippen molar-refractivity contribution in [1.29, 1.82) is 0 Å². The quantitative estimate of drug-likeness (QED) is 0.606. The molecule has 0 saturated heterocycles. The smallest absolute Gasteiger partial charge is 0.324 e. The highest BCUT2D eigenvalue weighted by Gasteiger charge is 2.30. The maximum Gasteiger partial charge on any atom is 0.324 e. The highest BCUT2D eigenvalue weighted by atomic mass is 32.2. The number of thiazole rings is 1. The molecule has 1 fully saturated rings. The summed E-state index contributed by atoms with van der Waals surface area (Å²) in [6, 6.07) is 0.381. The van der Waals surface area contributed by atoms with Crippen LogP contribution in [0.2, 0.25) is 0 Å². The van der Waals surface area contributed by atoms with Gasteiger partial charge in [0.2, 0.25) is 0 Å². The molecule has 146 valence electrons. The molecule has 0 spiro atoms. The monoisotopic (exact) mass is 399 g/mol. The van der Waals surface area contributed by atoms with E-state index in [1.807, 2.05) is 4.90 Å². The lowest BCUT2D eigenvalue weighted by Crippen LogP contribution is -2.49. The maximum atomic E-state index is 13.0. The van der Waals surface area contributed by atoms with E-state index in [9.17, 15) is 9.59 Å². The number of thioether (sulfide) groups is 1. The number of hydrogen-bond acceptors (Lipinski definition) is 5. The van der Waals surface area contributed by atoms with Gasteiger partial charge in [-0.15, -0.1) is 11.8 Å². The number of aromatic nitrogens is 1. The minimum absolute atomic E-state index is 0.00476. The van der Waals surface area contributed by atoms with Gasteiger partial charge in [0.1, 0.15) is 0 Å². The van der Waals surface area contributed by atoms with E-state index in [1.165, 1.54) is 42.4 Å². The van der Waals surface area contributed by atoms with Crippen LogP contribution in [0.1, 0.15) is 59.3 Å². The van der Waals surface area contributed by atoms with E-state index < -0.39 is 5.97 Å². The Morgan fingerprint density at radius 3 is 2.65 bits per heavy atom. The van der Waals surface area contributed by atoms with Gasteiger partial charge in [-0.05, 0) is 32.1 Å². The highest BCUT2D eigenvalue weighted by Crippen LogP contribution is 2.30. The summed E-state index contributed by atoms with van der Waals surface area (Å²) >= 11 is 2.54. The number of anilines is 1. The maximum absolute atomic E-state index is 13.0. The van der Waals surface area contributed by atoms with Crippen LogP contribution in [-0.4, -0.2) is 44.8 Å². The molecule has 26 heavy (non-hydrogen) atoms. The molecule has 0 bridgehead atoms. The van der Waals surface area contributed by atoms with Crippen LogP contribution in [0.5, 0.6) is 0 Å². The first kappa shape index (κ1) is 21.0. The second-order valence-electron chi connectivity index (χ2n) is 7.27.